The number of ether oxygens (including phenoxy) is 1. The summed E-state index contributed by atoms with van der Waals surface area (Å²) in [6.07, 6.45) is 60.4. The maximum absolute atomic E-state index is 13.2. The third-order valence-electron chi connectivity index (χ3n) is 12.2. The van der Waals surface area contributed by atoms with Gasteiger partial charge in [0.2, 0.25) is 5.91 Å². The van der Waals surface area contributed by atoms with Crippen LogP contribution >= 0.6 is 0 Å². The monoisotopic (exact) mass is 870 g/mol. The highest BCUT2D eigenvalue weighted by molar-refractivity contribution is 5.77. The van der Waals surface area contributed by atoms with Crippen LogP contribution in [0.25, 0.3) is 0 Å². The number of allylic oxidation sites excluding steroid dienone is 8. The molecule has 6 nitrogen and oxygen atoms in total. The molecule has 0 aliphatic heterocycles. The highest BCUT2D eigenvalue weighted by Crippen LogP contribution is 2.18. The highest BCUT2D eigenvalue weighted by Gasteiger charge is 2.24. The Labute approximate surface area is 385 Å². The number of carbonyl (C=O) groups excluding carboxylic acids is 2. The molecule has 0 bridgehead atoms. The first-order valence-corrected chi connectivity index (χ1v) is 26.9. The van der Waals surface area contributed by atoms with Gasteiger partial charge in [-0.3, -0.25) is 9.59 Å². The van der Waals surface area contributed by atoms with Crippen molar-refractivity contribution in [3.8, 4) is 0 Å². The summed E-state index contributed by atoms with van der Waals surface area (Å²) in [5.41, 5.74) is 0. The molecule has 0 heterocycles. The van der Waals surface area contributed by atoms with E-state index < -0.39 is 18.2 Å². The Kier molecular flexibility index (Phi) is 48.1. The van der Waals surface area contributed by atoms with E-state index in [4.69, 9.17) is 4.74 Å². The molecule has 0 spiro atoms. The Hall–Kier alpha value is -2.18. The third kappa shape index (κ3) is 44.4. The van der Waals surface area contributed by atoms with Gasteiger partial charge in [0, 0.05) is 6.42 Å². The minimum Gasteiger partial charge on any atom is -0.462 e. The van der Waals surface area contributed by atoms with Gasteiger partial charge in [0.15, 0.2) is 0 Å². The number of nitrogens with one attached hydrogen (secondary N) is 1. The minimum absolute atomic E-state index is 0.0520. The molecule has 0 aromatic carbocycles. The standard InChI is InChI=1S/C56H103NO5/c1-4-7-10-13-16-19-22-24-26-28-30-33-36-39-42-45-48-54(59)53(51-58)57-55(60)50-52(47-44-41-38-35-32-21-18-15-12-9-6-3)62-56(61)49-46-43-40-37-34-31-29-27-25-23-20-17-14-11-8-5-2/h9,12,15,18,21,27,29,32,52-54,58-59H,4-8,10-11,13-14,16-17,19-20,22-26,28,30-31,33-51H2,1-3H3,(H,57,60)/b12-9+,18-15+,29-27+,32-21-. The van der Waals surface area contributed by atoms with Crippen molar-refractivity contribution in [3.05, 3.63) is 48.6 Å². The molecule has 0 radical (unpaired) electrons. The van der Waals surface area contributed by atoms with E-state index in [9.17, 15) is 19.8 Å². The molecule has 3 unspecified atom stereocenters. The molecule has 62 heavy (non-hydrogen) atoms. The average Bonchev–Trinajstić information content (AvgIpc) is 3.26. The van der Waals surface area contributed by atoms with Gasteiger partial charge in [-0.05, 0) is 70.6 Å². The number of rotatable bonds is 48. The molecule has 0 fully saturated rings. The lowest BCUT2D eigenvalue weighted by Gasteiger charge is -2.24. The van der Waals surface area contributed by atoms with E-state index in [1.807, 2.05) is 6.08 Å². The molecular weight excluding hydrogens is 767 g/mol. The largest absolute Gasteiger partial charge is 0.462 e. The van der Waals surface area contributed by atoms with Gasteiger partial charge < -0.3 is 20.3 Å². The summed E-state index contributed by atoms with van der Waals surface area (Å²) in [6.45, 7) is 6.35. The summed E-state index contributed by atoms with van der Waals surface area (Å²) in [5.74, 6) is -0.513. The zero-order valence-electron chi connectivity index (χ0n) is 41.3. The summed E-state index contributed by atoms with van der Waals surface area (Å²) in [6, 6.07) is -0.714. The predicted molar refractivity (Wildman–Crippen MR) is 269 cm³/mol. The number of amides is 1. The number of aliphatic hydroxyl groups excluding tert-OH is 2. The fourth-order valence-corrected chi connectivity index (χ4v) is 8.13. The van der Waals surface area contributed by atoms with Crippen molar-refractivity contribution in [2.24, 2.45) is 0 Å². The maximum Gasteiger partial charge on any atom is 0.306 e. The van der Waals surface area contributed by atoms with Gasteiger partial charge in [-0.25, -0.2) is 0 Å². The first-order chi connectivity index (χ1) is 30.5. The molecule has 0 saturated heterocycles. The lowest BCUT2D eigenvalue weighted by Crippen LogP contribution is -2.46. The van der Waals surface area contributed by atoms with E-state index in [1.165, 1.54) is 148 Å². The number of carbonyl (C=O) groups is 2. The van der Waals surface area contributed by atoms with Crippen LogP contribution in [0.15, 0.2) is 48.6 Å². The first-order valence-electron chi connectivity index (χ1n) is 26.9. The fourth-order valence-electron chi connectivity index (χ4n) is 8.13. The number of esters is 1. The molecular formula is C56H103NO5. The molecule has 0 aliphatic rings. The summed E-state index contributed by atoms with van der Waals surface area (Å²) >= 11 is 0. The predicted octanol–water partition coefficient (Wildman–Crippen LogP) is 16.2. The van der Waals surface area contributed by atoms with E-state index in [-0.39, 0.29) is 24.9 Å². The second kappa shape index (κ2) is 49.8. The smallest absolute Gasteiger partial charge is 0.306 e. The molecule has 1 amide bonds. The van der Waals surface area contributed by atoms with Gasteiger partial charge in [-0.2, -0.15) is 0 Å². The van der Waals surface area contributed by atoms with E-state index in [0.29, 0.717) is 19.3 Å². The van der Waals surface area contributed by atoms with Crippen molar-refractivity contribution in [1.82, 2.24) is 5.32 Å². The SMILES string of the molecule is CC/C=C/C=C/C=C\CCCCCC(CC(=O)NC(CO)C(O)CCCCCCCCCCCCCCCCCC)OC(=O)CCCCCCC/C=C/CCCCCCCCC. The molecule has 362 valence electrons. The van der Waals surface area contributed by atoms with Crippen LogP contribution in [-0.4, -0.2) is 46.9 Å². The van der Waals surface area contributed by atoms with E-state index in [2.05, 4.69) is 68.6 Å². The Bertz CT molecular complexity index is 1070. The van der Waals surface area contributed by atoms with Crippen molar-refractivity contribution >= 4 is 11.9 Å². The van der Waals surface area contributed by atoms with Crippen LogP contribution in [0.4, 0.5) is 0 Å². The lowest BCUT2D eigenvalue weighted by molar-refractivity contribution is -0.151. The van der Waals surface area contributed by atoms with E-state index in [1.54, 1.807) is 0 Å². The quantitative estimate of drug-likeness (QED) is 0.0245. The third-order valence-corrected chi connectivity index (χ3v) is 12.2. The molecule has 0 aromatic heterocycles. The summed E-state index contributed by atoms with van der Waals surface area (Å²) < 4.78 is 5.91. The van der Waals surface area contributed by atoms with Crippen molar-refractivity contribution in [1.29, 1.82) is 0 Å². The van der Waals surface area contributed by atoms with E-state index in [0.717, 1.165) is 77.0 Å². The normalized spacial score (nSPS) is 13.6. The van der Waals surface area contributed by atoms with Crippen LogP contribution in [0.3, 0.4) is 0 Å². The van der Waals surface area contributed by atoms with Crippen LogP contribution in [0, 0.1) is 0 Å². The second-order valence-electron chi connectivity index (χ2n) is 18.3. The van der Waals surface area contributed by atoms with Crippen molar-refractivity contribution in [2.75, 3.05) is 6.61 Å². The average molecular weight is 870 g/mol. The Morgan fingerprint density at radius 3 is 1.37 bits per heavy atom. The van der Waals surface area contributed by atoms with Crippen molar-refractivity contribution < 1.29 is 24.5 Å². The lowest BCUT2D eigenvalue weighted by atomic mass is 10.0. The molecule has 0 saturated carbocycles. The minimum atomic E-state index is -0.798. The molecule has 0 rings (SSSR count). The Morgan fingerprint density at radius 2 is 0.887 bits per heavy atom. The Balaban J connectivity index is 4.51. The van der Waals surface area contributed by atoms with Gasteiger partial charge in [0.05, 0.1) is 25.2 Å². The van der Waals surface area contributed by atoms with Gasteiger partial charge in [-0.1, -0.05) is 236 Å². The topological polar surface area (TPSA) is 95.9 Å². The number of hydrogen-bond donors (Lipinski definition) is 3. The highest BCUT2D eigenvalue weighted by atomic mass is 16.5. The molecule has 6 heteroatoms. The fraction of sp³-hybridized carbons (Fsp3) is 0.821. The summed E-state index contributed by atoms with van der Waals surface area (Å²) in [5, 5.41) is 23.8. The van der Waals surface area contributed by atoms with E-state index >= 15 is 0 Å². The maximum atomic E-state index is 13.2. The van der Waals surface area contributed by atoms with Gasteiger partial charge in [0.25, 0.3) is 0 Å². The molecule has 0 aromatic rings. The molecule has 3 N–H and O–H groups in total. The Morgan fingerprint density at radius 1 is 0.484 bits per heavy atom. The second-order valence-corrected chi connectivity index (χ2v) is 18.3. The summed E-state index contributed by atoms with van der Waals surface area (Å²) in [7, 11) is 0. The van der Waals surface area contributed by atoms with Gasteiger partial charge in [-0.15, -0.1) is 0 Å². The molecule has 3 atom stereocenters. The van der Waals surface area contributed by atoms with Crippen LogP contribution in [0.2, 0.25) is 0 Å². The van der Waals surface area contributed by atoms with Crippen LogP contribution in [0.1, 0.15) is 271 Å². The number of unbranched alkanes of at least 4 members (excludes halogenated alkanes) is 30. The van der Waals surface area contributed by atoms with Crippen molar-refractivity contribution in [2.45, 2.75) is 289 Å². The van der Waals surface area contributed by atoms with Crippen molar-refractivity contribution in [3.63, 3.8) is 0 Å². The van der Waals surface area contributed by atoms with Gasteiger partial charge >= 0.3 is 5.97 Å². The van der Waals surface area contributed by atoms with Crippen LogP contribution in [-0.2, 0) is 14.3 Å². The zero-order valence-corrected chi connectivity index (χ0v) is 41.3. The van der Waals surface area contributed by atoms with Crippen LogP contribution < -0.4 is 5.32 Å². The van der Waals surface area contributed by atoms with Gasteiger partial charge in [0.1, 0.15) is 6.10 Å². The zero-order chi connectivity index (χ0) is 45.2. The first kappa shape index (κ1) is 59.8. The summed E-state index contributed by atoms with van der Waals surface area (Å²) in [4.78, 5) is 26.1. The number of aliphatic hydroxyl groups is 2. The number of hydrogen-bond acceptors (Lipinski definition) is 5. The van der Waals surface area contributed by atoms with Crippen LogP contribution in [0.5, 0.6) is 0 Å². The molecule has 0 aliphatic carbocycles.